The Labute approximate surface area is 124 Å². The van der Waals surface area contributed by atoms with E-state index in [1.807, 2.05) is 4.72 Å². The maximum atomic E-state index is 13.1. The third-order valence-corrected chi connectivity index (χ3v) is 4.24. The number of benzene rings is 2. The Morgan fingerprint density at radius 2 is 1.77 bits per heavy atom. The molecule has 0 bridgehead atoms. The second-order valence-corrected chi connectivity index (χ2v) is 6.12. The van der Waals surface area contributed by atoms with Gasteiger partial charge in [0.05, 0.1) is 15.5 Å². The van der Waals surface area contributed by atoms with Crippen LogP contribution in [0.3, 0.4) is 0 Å². The lowest BCUT2D eigenvalue weighted by atomic mass is 10.2. The number of hydrogen-bond acceptors (Lipinski definition) is 4. The fourth-order valence-electron chi connectivity index (χ4n) is 1.73. The number of nitrogens with one attached hydrogen (secondary N) is 1. The van der Waals surface area contributed by atoms with Crippen LogP contribution in [0.15, 0.2) is 41.3 Å². The lowest BCUT2D eigenvalue weighted by Gasteiger charge is -2.09. The minimum Gasteiger partial charge on any atom is -0.280 e. The largest absolute Gasteiger partial charge is 0.280 e. The van der Waals surface area contributed by atoms with Crippen molar-refractivity contribution in [3.63, 3.8) is 0 Å². The van der Waals surface area contributed by atoms with E-state index < -0.39 is 26.6 Å². The van der Waals surface area contributed by atoms with E-state index in [4.69, 9.17) is 0 Å². The van der Waals surface area contributed by atoms with Crippen LogP contribution in [0.2, 0.25) is 0 Å². The second kappa shape index (κ2) is 5.68. The molecule has 116 valence electrons. The van der Waals surface area contributed by atoms with Crippen LogP contribution in [0.4, 0.5) is 20.2 Å². The first-order valence-corrected chi connectivity index (χ1v) is 7.42. The molecule has 0 aliphatic rings. The van der Waals surface area contributed by atoms with Crippen LogP contribution < -0.4 is 4.72 Å². The van der Waals surface area contributed by atoms with Crippen molar-refractivity contribution in [3.05, 3.63) is 63.7 Å². The molecule has 2 aromatic rings. The van der Waals surface area contributed by atoms with E-state index in [-0.39, 0.29) is 16.3 Å². The van der Waals surface area contributed by atoms with Gasteiger partial charge in [0.25, 0.3) is 15.7 Å². The third kappa shape index (κ3) is 3.19. The normalized spacial score (nSPS) is 11.2. The van der Waals surface area contributed by atoms with E-state index in [0.717, 1.165) is 18.2 Å². The molecular weight excluding hydrogens is 318 g/mol. The van der Waals surface area contributed by atoms with Gasteiger partial charge < -0.3 is 0 Å². The van der Waals surface area contributed by atoms with Crippen LogP contribution in [0, 0.1) is 28.7 Å². The van der Waals surface area contributed by atoms with Gasteiger partial charge in [-0.2, -0.15) is 0 Å². The summed E-state index contributed by atoms with van der Waals surface area (Å²) in [6.45, 7) is 1.47. The summed E-state index contributed by atoms with van der Waals surface area (Å²) in [4.78, 5) is 9.79. The van der Waals surface area contributed by atoms with Crippen molar-refractivity contribution in [2.75, 3.05) is 4.72 Å². The predicted molar refractivity (Wildman–Crippen MR) is 75.0 cm³/mol. The fourth-order valence-corrected chi connectivity index (χ4v) is 2.80. The highest BCUT2D eigenvalue weighted by molar-refractivity contribution is 7.92. The Kier molecular flexibility index (Phi) is 4.09. The molecule has 0 aliphatic heterocycles. The first kappa shape index (κ1) is 15.8. The van der Waals surface area contributed by atoms with Crippen molar-refractivity contribution in [1.29, 1.82) is 0 Å². The van der Waals surface area contributed by atoms with Gasteiger partial charge >= 0.3 is 0 Å². The fraction of sp³-hybridized carbons (Fsp3) is 0.0769. The Morgan fingerprint density at radius 3 is 2.36 bits per heavy atom. The molecule has 1 N–H and O–H groups in total. The minimum absolute atomic E-state index is 0.192. The zero-order valence-corrected chi connectivity index (χ0v) is 12.0. The van der Waals surface area contributed by atoms with Crippen molar-refractivity contribution in [1.82, 2.24) is 0 Å². The van der Waals surface area contributed by atoms with Gasteiger partial charge in [-0.1, -0.05) is 6.07 Å². The lowest BCUT2D eigenvalue weighted by molar-refractivity contribution is -0.385. The molecule has 0 atom stereocenters. The summed E-state index contributed by atoms with van der Waals surface area (Å²) in [5, 5.41) is 10.8. The van der Waals surface area contributed by atoms with Crippen LogP contribution in [0.25, 0.3) is 0 Å². The molecule has 0 amide bonds. The number of aryl methyl sites for hydroxylation is 1. The molecule has 9 heteroatoms. The lowest BCUT2D eigenvalue weighted by Crippen LogP contribution is -2.13. The molecule has 0 unspecified atom stereocenters. The summed E-state index contributed by atoms with van der Waals surface area (Å²) in [5.74, 6) is -2.33. The maximum Gasteiger partial charge on any atom is 0.273 e. The smallest absolute Gasteiger partial charge is 0.273 e. The Bertz CT molecular complexity index is 853. The maximum absolute atomic E-state index is 13.1. The van der Waals surface area contributed by atoms with Gasteiger partial charge in [0.2, 0.25) is 0 Å². The average molecular weight is 328 g/mol. The van der Waals surface area contributed by atoms with Crippen molar-refractivity contribution in [2.24, 2.45) is 0 Å². The number of rotatable bonds is 4. The summed E-state index contributed by atoms with van der Waals surface area (Å²) in [5.41, 5.74) is -0.243. The Morgan fingerprint density at radius 1 is 1.09 bits per heavy atom. The molecule has 0 radical (unpaired) electrons. The first-order valence-electron chi connectivity index (χ1n) is 5.93. The molecule has 0 saturated carbocycles. The topological polar surface area (TPSA) is 89.3 Å². The first-order chi connectivity index (χ1) is 10.2. The summed E-state index contributed by atoms with van der Waals surface area (Å²) in [7, 11) is -4.16. The second-order valence-electron chi connectivity index (χ2n) is 4.44. The monoisotopic (exact) mass is 328 g/mol. The van der Waals surface area contributed by atoms with Crippen LogP contribution in [0.5, 0.6) is 0 Å². The van der Waals surface area contributed by atoms with E-state index in [2.05, 4.69) is 0 Å². The molecule has 0 spiro atoms. The van der Waals surface area contributed by atoms with Gasteiger partial charge in [0.15, 0.2) is 11.6 Å². The number of hydrogen-bond donors (Lipinski definition) is 1. The highest BCUT2D eigenvalue weighted by atomic mass is 32.2. The molecule has 0 fully saturated rings. The van der Waals surface area contributed by atoms with E-state index in [1.54, 1.807) is 0 Å². The third-order valence-electron chi connectivity index (χ3n) is 2.86. The van der Waals surface area contributed by atoms with Gasteiger partial charge in [-0.05, 0) is 25.1 Å². The molecule has 0 heterocycles. The van der Waals surface area contributed by atoms with Crippen LogP contribution in [-0.2, 0) is 10.0 Å². The number of anilines is 1. The van der Waals surface area contributed by atoms with Crippen molar-refractivity contribution in [3.8, 4) is 0 Å². The van der Waals surface area contributed by atoms with E-state index >= 15 is 0 Å². The highest BCUT2D eigenvalue weighted by Crippen LogP contribution is 2.24. The summed E-state index contributed by atoms with van der Waals surface area (Å²) in [6, 6.07) is 5.86. The quantitative estimate of drug-likeness (QED) is 0.690. The number of nitro benzene ring substituents is 1. The van der Waals surface area contributed by atoms with E-state index in [1.165, 1.54) is 19.1 Å². The van der Waals surface area contributed by atoms with Gasteiger partial charge in [-0.3, -0.25) is 14.8 Å². The Hall–Kier alpha value is -2.55. The van der Waals surface area contributed by atoms with E-state index in [9.17, 15) is 27.3 Å². The van der Waals surface area contributed by atoms with Gasteiger partial charge in [-0.25, -0.2) is 17.2 Å². The van der Waals surface area contributed by atoms with Crippen LogP contribution >= 0.6 is 0 Å². The van der Waals surface area contributed by atoms with E-state index in [0.29, 0.717) is 11.6 Å². The zero-order valence-electron chi connectivity index (χ0n) is 11.2. The molecule has 2 aromatic carbocycles. The highest BCUT2D eigenvalue weighted by Gasteiger charge is 2.20. The van der Waals surface area contributed by atoms with Gasteiger partial charge in [-0.15, -0.1) is 0 Å². The molecular formula is C13H10F2N2O4S. The SMILES string of the molecule is Cc1ccc(S(=O)(=O)Nc2ccc(F)c(F)c2)cc1[N+](=O)[O-]. The van der Waals surface area contributed by atoms with Crippen molar-refractivity contribution >= 4 is 21.4 Å². The van der Waals surface area contributed by atoms with Crippen LogP contribution in [-0.4, -0.2) is 13.3 Å². The van der Waals surface area contributed by atoms with Crippen molar-refractivity contribution < 1.29 is 22.1 Å². The number of nitrogens with zero attached hydrogens (tertiary/aromatic N) is 1. The zero-order chi connectivity index (χ0) is 16.5. The number of nitro groups is 1. The molecule has 2 rings (SSSR count). The molecule has 0 aliphatic carbocycles. The predicted octanol–water partition coefficient (Wildman–Crippen LogP) is 2.98. The van der Waals surface area contributed by atoms with Crippen molar-refractivity contribution in [2.45, 2.75) is 11.8 Å². The standard InChI is InChI=1S/C13H10F2N2O4S/c1-8-2-4-10(7-13(8)17(18)19)22(20,21)16-9-3-5-11(14)12(15)6-9/h2-7,16H,1H3. The van der Waals surface area contributed by atoms with Gasteiger partial charge in [0.1, 0.15) is 0 Å². The molecule has 0 saturated heterocycles. The summed E-state index contributed by atoms with van der Waals surface area (Å²) >= 11 is 0. The summed E-state index contributed by atoms with van der Waals surface area (Å²) < 4.78 is 52.2. The number of sulfonamides is 1. The molecule has 0 aromatic heterocycles. The van der Waals surface area contributed by atoms with Gasteiger partial charge in [0, 0.05) is 17.7 Å². The van der Waals surface area contributed by atoms with Crippen LogP contribution in [0.1, 0.15) is 5.56 Å². The number of halogens is 2. The molecule has 22 heavy (non-hydrogen) atoms. The molecule has 6 nitrogen and oxygen atoms in total. The summed E-state index contributed by atoms with van der Waals surface area (Å²) in [6.07, 6.45) is 0. The minimum atomic E-state index is -4.16. The average Bonchev–Trinajstić information content (AvgIpc) is 2.42. The Balaban J connectivity index is 2.40.